The summed E-state index contributed by atoms with van der Waals surface area (Å²) >= 11 is 0. The molecule has 0 aliphatic heterocycles. The number of carbonyl (C=O) groups is 2. The van der Waals surface area contributed by atoms with E-state index in [1.54, 1.807) is 0 Å². The molecule has 0 saturated heterocycles. The molecule has 8 heteroatoms. The van der Waals surface area contributed by atoms with Crippen molar-refractivity contribution < 1.29 is 38.0 Å². The fourth-order valence-electron chi connectivity index (χ4n) is 6.56. The van der Waals surface area contributed by atoms with Crippen LogP contribution in [0.5, 0.6) is 23.0 Å². The molecule has 60 heavy (non-hydrogen) atoms. The molecule has 6 aromatic carbocycles. The molecule has 0 N–H and O–H groups in total. The molecule has 8 nitrogen and oxygen atoms in total. The third kappa shape index (κ3) is 12.1. The van der Waals surface area contributed by atoms with E-state index in [0.29, 0.717) is 5.75 Å². The summed E-state index contributed by atoms with van der Waals surface area (Å²) < 4.78 is 34.7. The first-order valence-electron chi connectivity index (χ1n) is 19.4. The molecule has 0 bridgehead atoms. The van der Waals surface area contributed by atoms with Gasteiger partial charge in [0, 0.05) is 23.3 Å². The van der Waals surface area contributed by atoms with E-state index in [-0.39, 0.29) is 20.0 Å². The molecule has 0 heterocycles. The Bertz CT molecular complexity index is 2360. The molecule has 0 fully saturated rings. The quantitative estimate of drug-likeness (QED) is 0.0390. The smallest absolute Gasteiger partial charge is 0.334 e. The van der Waals surface area contributed by atoms with Gasteiger partial charge < -0.3 is 28.4 Å². The highest BCUT2D eigenvalue weighted by Crippen LogP contribution is 2.36. The number of carbonyl (C=O) groups excluding carboxylic acids is 2. The van der Waals surface area contributed by atoms with Gasteiger partial charge in [0.05, 0.1) is 6.26 Å². The van der Waals surface area contributed by atoms with Crippen molar-refractivity contribution in [1.29, 1.82) is 0 Å². The van der Waals surface area contributed by atoms with E-state index in [9.17, 15) is 9.59 Å². The Balaban J connectivity index is 0.000000896. The van der Waals surface area contributed by atoms with Gasteiger partial charge in [-0.2, -0.15) is 0 Å². The van der Waals surface area contributed by atoms with Gasteiger partial charge in [0.1, 0.15) is 36.2 Å². The first kappa shape index (κ1) is 43.8. The summed E-state index contributed by atoms with van der Waals surface area (Å²) in [5.41, 5.74) is 10.2. The number of esters is 2. The van der Waals surface area contributed by atoms with Crippen molar-refractivity contribution in [2.24, 2.45) is 0 Å². The molecule has 0 saturated carbocycles. The van der Waals surface area contributed by atoms with Gasteiger partial charge in [-0.3, -0.25) is 0 Å². The Kier molecular flexibility index (Phi) is 16.1. The second-order valence-corrected chi connectivity index (χ2v) is 13.7. The number of ether oxygens (including phenoxy) is 6. The van der Waals surface area contributed by atoms with E-state index in [0.717, 1.165) is 91.3 Å². The summed E-state index contributed by atoms with van der Waals surface area (Å²) in [5.74, 6) is 1.98. The molecule has 0 amide bonds. The highest BCUT2D eigenvalue weighted by molar-refractivity contribution is 5.82. The van der Waals surface area contributed by atoms with E-state index in [2.05, 4.69) is 60.9 Å². The standard InChI is InChI=1S/C47H44O6.C5H6O2/c1-6-45(48)53-40(29-49-43-23-15-13-21-41(43)36-17-9-7-10-18-36)30-50-46-32(2)25-38(26-33(46)3)39-27-34(4)47(35(5)28-39)52-31-51-44-24-16-14-22-42(44)37-19-11-8-12-20-37;1-3-5(6)7-4-2/h6-28,40H,1,29-31H2,2-5H3;3-4H,1-2H2. The number of benzene rings is 6. The molecule has 6 aromatic rings. The lowest BCUT2D eigenvalue weighted by atomic mass is 9.96. The summed E-state index contributed by atoms with van der Waals surface area (Å²) in [6.07, 6.45) is 2.61. The minimum Gasteiger partial charge on any atom is -0.489 e. The molecule has 306 valence electrons. The molecule has 0 spiro atoms. The van der Waals surface area contributed by atoms with Crippen LogP contribution in [0.3, 0.4) is 0 Å². The molecule has 0 aliphatic rings. The average Bonchev–Trinajstić information content (AvgIpc) is 3.27. The predicted octanol–water partition coefficient (Wildman–Crippen LogP) is 11.8. The Hall–Kier alpha value is -7.32. The number of rotatable bonds is 17. The van der Waals surface area contributed by atoms with E-state index >= 15 is 0 Å². The van der Waals surface area contributed by atoms with Crippen LogP contribution < -0.4 is 18.9 Å². The number of hydrogen-bond donors (Lipinski definition) is 0. The van der Waals surface area contributed by atoms with Gasteiger partial charge in [0.15, 0.2) is 6.10 Å². The summed E-state index contributed by atoms with van der Waals surface area (Å²) in [7, 11) is 0. The number of hydrogen-bond acceptors (Lipinski definition) is 8. The second-order valence-electron chi connectivity index (χ2n) is 13.7. The Morgan fingerprint density at radius 2 is 0.917 bits per heavy atom. The van der Waals surface area contributed by atoms with E-state index in [4.69, 9.17) is 23.7 Å². The topological polar surface area (TPSA) is 89.5 Å². The zero-order valence-electron chi connectivity index (χ0n) is 34.5. The van der Waals surface area contributed by atoms with Crippen molar-refractivity contribution in [2.45, 2.75) is 33.8 Å². The lowest BCUT2D eigenvalue weighted by Gasteiger charge is -2.21. The Morgan fingerprint density at radius 1 is 0.500 bits per heavy atom. The van der Waals surface area contributed by atoms with Gasteiger partial charge in [-0.1, -0.05) is 117 Å². The van der Waals surface area contributed by atoms with Crippen molar-refractivity contribution in [3.63, 3.8) is 0 Å². The maximum Gasteiger partial charge on any atom is 0.334 e. The van der Waals surface area contributed by atoms with Crippen LogP contribution in [0.1, 0.15) is 22.3 Å². The lowest BCUT2D eigenvalue weighted by molar-refractivity contribution is -0.146. The molecular formula is C52H50O8. The third-order valence-corrected chi connectivity index (χ3v) is 9.27. The van der Waals surface area contributed by atoms with Gasteiger partial charge in [0.2, 0.25) is 6.79 Å². The Labute approximate surface area is 352 Å². The molecule has 0 aliphatic carbocycles. The van der Waals surface area contributed by atoms with Crippen molar-refractivity contribution in [3.05, 3.63) is 194 Å². The van der Waals surface area contributed by atoms with Crippen LogP contribution in [-0.2, 0) is 19.1 Å². The van der Waals surface area contributed by atoms with Crippen LogP contribution in [0, 0.1) is 27.7 Å². The third-order valence-electron chi connectivity index (χ3n) is 9.27. The summed E-state index contributed by atoms with van der Waals surface area (Å²) in [4.78, 5) is 22.3. The van der Waals surface area contributed by atoms with E-state index in [1.807, 2.05) is 125 Å². The van der Waals surface area contributed by atoms with Crippen LogP contribution in [-0.4, -0.2) is 38.0 Å². The second kappa shape index (κ2) is 22.0. The lowest BCUT2D eigenvalue weighted by Crippen LogP contribution is -2.31. The van der Waals surface area contributed by atoms with Gasteiger partial charge in [-0.25, -0.2) is 9.59 Å². The van der Waals surface area contributed by atoms with Crippen LogP contribution in [0.25, 0.3) is 33.4 Å². The maximum absolute atomic E-state index is 12.3. The normalized spacial score (nSPS) is 10.8. The minimum atomic E-state index is -0.670. The van der Waals surface area contributed by atoms with Crippen molar-refractivity contribution in [2.75, 3.05) is 20.0 Å². The SMILES string of the molecule is C=CC(=O)OC(COc1ccccc1-c1ccccc1)COc1c(C)cc(-c2cc(C)c(OCOc3ccccc3-c3ccccc3)c(C)c2)cc1C.C=COC(=O)C=C. The fourth-order valence-corrected chi connectivity index (χ4v) is 6.56. The monoisotopic (exact) mass is 802 g/mol. The molecular weight excluding hydrogens is 753 g/mol. The van der Waals surface area contributed by atoms with E-state index < -0.39 is 18.0 Å². The van der Waals surface area contributed by atoms with Crippen LogP contribution >= 0.6 is 0 Å². The van der Waals surface area contributed by atoms with Crippen LogP contribution in [0.15, 0.2) is 172 Å². The van der Waals surface area contributed by atoms with Crippen molar-refractivity contribution in [1.82, 2.24) is 0 Å². The number of aryl methyl sites for hydroxylation is 4. The largest absolute Gasteiger partial charge is 0.489 e. The number of para-hydroxylation sites is 2. The highest BCUT2D eigenvalue weighted by Gasteiger charge is 2.19. The Morgan fingerprint density at radius 3 is 1.37 bits per heavy atom. The molecule has 0 radical (unpaired) electrons. The molecule has 6 rings (SSSR count). The van der Waals surface area contributed by atoms with E-state index in [1.165, 1.54) is 0 Å². The van der Waals surface area contributed by atoms with Crippen LogP contribution in [0.4, 0.5) is 0 Å². The van der Waals surface area contributed by atoms with Crippen molar-refractivity contribution >= 4 is 11.9 Å². The maximum atomic E-state index is 12.3. The zero-order valence-corrected chi connectivity index (χ0v) is 34.5. The molecule has 0 aromatic heterocycles. The molecule has 1 unspecified atom stereocenters. The minimum absolute atomic E-state index is 0.0861. The predicted molar refractivity (Wildman–Crippen MR) is 238 cm³/mol. The van der Waals surface area contributed by atoms with Gasteiger partial charge >= 0.3 is 11.9 Å². The van der Waals surface area contributed by atoms with Gasteiger partial charge in [-0.15, -0.1) is 0 Å². The first-order valence-corrected chi connectivity index (χ1v) is 19.4. The molecule has 1 atom stereocenters. The van der Waals surface area contributed by atoms with Gasteiger partial charge in [0.25, 0.3) is 0 Å². The first-order chi connectivity index (χ1) is 29.1. The summed E-state index contributed by atoms with van der Waals surface area (Å²) in [6, 6.07) is 44.4. The summed E-state index contributed by atoms with van der Waals surface area (Å²) in [5, 5.41) is 0. The average molecular weight is 803 g/mol. The zero-order chi connectivity index (χ0) is 42.9. The van der Waals surface area contributed by atoms with Crippen LogP contribution in [0.2, 0.25) is 0 Å². The van der Waals surface area contributed by atoms with Gasteiger partial charge in [-0.05, 0) is 109 Å². The summed E-state index contributed by atoms with van der Waals surface area (Å²) in [6.45, 7) is 18.3. The highest BCUT2D eigenvalue weighted by atomic mass is 16.7. The van der Waals surface area contributed by atoms with Crippen molar-refractivity contribution in [3.8, 4) is 56.4 Å². The fraction of sp³-hybridized carbons (Fsp3) is 0.154.